The Kier molecular flexibility index (Phi) is 6.80. The van der Waals surface area contributed by atoms with Crippen molar-refractivity contribution in [1.82, 2.24) is 14.9 Å². The number of amides is 2. The second-order valence-corrected chi connectivity index (χ2v) is 8.79. The van der Waals surface area contributed by atoms with E-state index in [0.717, 1.165) is 48.5 Å². The van der Waals surface area contributed by atoms with Crippen molar-refractivity contribution < 1.29 is 9.59 Å². The summed E-state index contributed by atoms with van der Waals surface area (Å²) in [6.45, 7) is 0. The number of carbonyl (C=O) groups is 2. The zero-order valence-corrected chi connectivity index (χ0v) is 19.1. The molecule has 1 heterocycles. The molecule has 1 atom stereocenters. The molecule has 0 bridgehead atoms. The summed E-state index contributed by atoms with van der Waals surface area (Å²) in [6, 6.07) is 16.3. The Balaban J connectivity index is 1.78. The predicted octanol–water partition coefficient (Wildman–Crippen LogP) is 4.05. The van der Waals surface area contributed by atoms with E-state index >= 15 is 0 Å². The maximum Gasteiger partial charge on any atom is 0.280 e. The molecule has 0 aliphatic heterocycles. The van der Waals surface area contributed by atoms with E-state index in [1.54, 1.807) is 5.38 Å². The van der Waals surface area contributed by atoms with E-state index in [1.807, 2.05) is 73.6 Å². The van der Waals surface area contributed by atoms with Crippen LogP contribution < -0.4 is 15.1 Å². The van der Waals surface area contributed by atoms with Crippen molar-refractivity contribution in [2.75, 3.05) is 23.9 Å². The number of rotatable bonds is 7. The van der Waals surface area contributed by atoms with Crippen molar-refractivity contribution in [2.45, 2.75) is 37.8 Å². The van der Waals surface area contributed by atoms with Crippen LogP contribution in [0.25, 0.3) is 0 Å². The molecule has 2 aromatic carbocycles. The molecule has 4 rings (SSSR count). The summed E-state index contributed by atoms with van der Waals surface area (Å²) in [5.41, 5.74) is 2.62. The van der Waals surface area contributed by atoms with Crippen molar-refractivity contribution in [3.63, 3.8) is 0 Å². The Morgan fingerprint density at radius 1 is 1.00 bits per heavy atom. The van der Waals surface area contributed by atoms with Crippen molar-refractivity contribution in [3.05, 3.63) is 71.2 Å². The van der Waals surface area contributed by atoms with Gasteiger partial charge in [0.05, 0.1) is 0 Å². The quantitative estimate of drug-likeness (QED) is 0.589. The van der Waals surface area contributed by atoms with Crippen LogP contribution in [-0.4, -0.2) is 41.5 Å². The van der Waals surface area contributed by atoms with Gasteiger partial charge in [-0.1, -0.05) is 47.7 Å². The van der Waals surface area contributed by atoms with Crippen LogP contribution in [0, 0.1) is 0 Å². The highest BCUT2D eigenvalue weighted by molar-refractivity contribution is 7.03. The summed E-state index contributed by atoms with van der Waals surface area (Å²) in [5, 5.41) is 8.78. The van der Waals surface area contributed by atoms with Crippen LogP contribution in [0.2, 0.25) is 0 Å². The lowest BCUT2D eigenvalue weighted by Crippen LogP contribution is -2.46. The summed E-state index contributed by atoms with van der Waals surface area (Å²) >= 11 is 1.11. The normalized spacial score (nSPS) is 14.7. The summed E-state index contributed by atoms with van der Waals surface area (Å²) in [7, 11) is 3.93. The third-order valence-electron chi connectivity index (χ3n) is 5.77. The Hall–Kier alpha value is -3.26. The first kappa shape index (κ1) is 22.0. The van der Waals surface area contributed by atoms with Crippen LogP contribution in [0.5, 0.6) is 0 Å². The zero-order valence-electron chi connectivity index (χ0n) is 18.3. The third-order valence-corrected chi connectivity index (χ3v) is 6.27. The molecule has 1 aliphatic carbocycles. The van der Waals surface area contributed by atoms with Gasteiger partial charge in [-0.05, 0) is 54.2 Å². The SMILES string of the molecule is CN(C)c1ccc(C(C(=O)NC2CCCC2)N(C(=O)c2csnn2)c2ccccc2)cc1. The van der Waals surface area contributed by atoms with Crippen LogP contribution >= 0.6 is 11.5 Å². The molecule has 3 aromatic rings. The van der Waals surface area contributed by atoms with Gasteiger partial charge in [-0.15, -0.1) is 5.10 Å². The van der Waals surface area contributed by atoms with Crippen molar-refractivity contribution in [2.24, 2.45) is 0 Å². The standard InChI is InChI=1S/C24H27N5O2S/c1-28(2)19-14-12-17(13-15-19)22(23(30)25-18-8-6-7-9-18)29(20-10-4-3-5-11-20)24(31)21-16-32-27-26-21/h3-5,10-16,18,22H,6-9H2,1-2H3,(H,25,30). The van der Waals surface area contributed by atoms with Crippen LogP contribution in [0.3, 0.4) is 0 Å². The lowest BCUT2D eigenvalue weighted by molar-refractivity contribution is -0.123. The Morgan fingerprint density at radius 2 is 1.69 bits per heavy atom. The van der Waals surface area contributed by atoms with Gasteiger partial charge in [0.15, 0.2) is 5.69 Å². The monoisotopic (exact) mass is 449 g/mol. The summed E-state index contributed by atoms with van der Waals surface area (Å²) in [6.07, 6.45) is 4.15. The molecule has 0 radical (unpaired) electrons. The number of benzene rings is 2. The lowest BCUT2D eigenvalue weighted by Gasteiger charge is -2.32. The highest BCUT2D eigenvalue weighted by Gasteiger charge is 2.35. The molecule has 1 fully saturated rings. The number of aromatic nitrogens is 2. The van der Waals surface area contributed by atoms with Gasteiger partial charge >= 0.3 is 0 Å². The topological polar surface area (TPSA) is 78.4 Å². The van der Waals surface area contributed by atoms with Gasteiger partial charge in [-0.2, -0.15) is 0 Å². The molecule has 1 unspecified atom stereocenters. The second kappa shape index (κ2) is 9.91. The van der Waals surface area contributed by atoms with Gasteiger partial charge in [0.2, 0.25) is 5.91 Å². The molecule has 0 spiro atoms. The number of para-hydroxylation sites is 1. The average Bonchev–Trinajstić information content (AvgIpc) is 3.52. The van der Waals surface area contributed by atoms with Gasteiger partial charge in [-0.3, -0.25) is 14.5 Å². The van der Waals surface area contributed by atoms with Gasteiger partial charge in [0.1, 0.15) is 6.04 Å². The van der Waals surface area contributed by atoms with Crippen molar-refractivity contribution in [3.8, 4) is 0 Å². The minimum absolute atomic E-state index is 0.139. The number of carbonyl (C=O) groups excluding carboxylic acids is 2. The maximum atomic E-state index is 13.7. The van der Waals surface area contributed by atoms with Crippen LogP contribution in [-0.2, 0) is 4.79 Å². The molecule has 1 aromatic heterocycles. The molecule has 32 heavy (non-hydrogen) atoms. The second-order valence-electron chi connectivity index (χ2n) is 8.18. The molecule has 2 amide bonds. The van der Waals surface area contributed by atoms with E-state index in [2.05, 4.69) is 14.9 Å². The first-order valence-electron chi connectivity index (χ1n) is 10.8. The highest BCUT2D eigenvalue weighted by Crippen LogP contribution is 2.31. The third kappa shape index (κ3) is 4.80. The number of nitrogens with one attached hydrogen (secondary N) is 1. The van der Waals surface area contributed by atoms with Gasteiger partial charge in [0, 0.05) is 36.9 Å². The van der Waals surface area contributed by atoms with E-state index in [0.29, 0.717) is 5.69 Å². The number of hydrogen-bond acceptors (Lipinski definition) is 6. The molecule has 1 saturated carbocycles. The van der Waals surface area contributed by atoms with Gasteiger partial charge < -0.3 is 10.2 Å². The number of hydrogen-bond donors (Lipinski definition) is 1. The molecule has 7 nitrogen and oxygen atoms in total. The van der Waals surface area contributed by atoms with Crippen LogP contribution in [0.1, 0.15) is 47.8 Å². The first-order chi connectivity index (χ1) is 15.5. The largest absolute Gasteiger partial charge is 0.378 e. The van der Waals surface area contributed by atoms with E-state index in [-0.39, 0.29) is 23.6 Å². The summed E-state index contributed by atoms with van der Waals surface area (Å²) < 4.78 is 3.85. The molecule has 8 heteroatoms. The van der Waals surface area contributed by atoms with Crippen molar-refractivity contribution >= 4 is 34.7 Å². The van der Waals surface area contributed by atoms with Crippen LogP contribution in [0.15, 0.2) is 60.0 Å². The maximum absolute atomic E-state index is 13.7. The Labute approximate surface area is 192 Å². The van der Waals surface area contributed by atoms with Crippen LogP contribution in [0.4, 0.5) is 11.4 Å². The van der Waals surface area contributed by atoms with E-state index in [9.17, 15) is 9.59 Å². The van der Waals surface area contributed by atoms with E-state index in [1.165, 1.54) is 4.90 Å². The molecular weight excluding hydrogens is 422 g/mol. The highest BCUT2D eigenvalue weighted by atomic mass is 32.1. The smallest absolute Gasteiger partial charge is 0.280 e. The fraction of sp³-hybridized carbons (Fsp3) is 0.333. The predicted molar refractivity (Wildman–Crippen MR) is 127 cm³/mol. The number of nitrogens with zero attached hydrogens (tertiary/aromatic N) is 4. The Morgan fingerprint density at radius 3 is 2.28 bits per heavy atom. The van der Waals surface area contributed by atoms with E-state index < -0.39 is 6.04 Å². The molecule has 1 aliphatic rings. The van der Waals surface area contributed by atoms with Gasteiger partial charge in [0.25, 0.3) is 5.91 Å². The fourth-order valence-electron chi connectivity index (χ4n) is 4.08. The fourth-order valence-corrected chi connectivity index (χ4v) is 4.51. The minimum Gasteiger partial charge on any atom is -0.378 e. The summed E-state index contributed by atoms with van der Waals surface area (Å²) in [4.78, 5) is 30.8. The molecule has 1 N–H and O–H groups in total. The van der Waals surface area contributed by atoms with Gasteiger partial charge in [-0.25, -0.2) is 0 Å². The molecular formula is C24H27N5O2S. The Bertz CT molecular complexity index is 1030. The molecule has 0 saturated heterocycles. The summed E-state index contributed by atoms with van der Waals surface area (Å²) in [5.74, 6) is -0.539. The number of anilines is 2. The first-order valence-corrected chi connectivity index (χ1v) is 11.6. The van der Waals surface area contributed by atoms with E-state index in [4.69, 9.17) is 0 Å². The zero-order chi connectivity index (χ0) is 22.5. The van der Waals surface area contributed by atoms with Crippen molar-refractivity contribution in [1.29, 1.82) is 0 Å². The minimum atomic E-state index is -0.830. The average molecular weight is 450 g/mol. The lowest BCUT2D eigenvalue weighted by atomic mass is 10.0. The molecule has 166 valence electrons.